The van der Waals surface area contributed by atoms with Crippen LogP contribution in [-0.4, -0.2) is 78.0 Å². The van der Waals surface area contributed by atoms with Gasteiger partial charge in [0.05, 0.1) is 49.7 Å². The summed E-state index contributed by atoms with van der Waals surface area (Å²) in [5.74, 6) is 0.277. The molecule has 0 heterocycles. The Morgan fingerprint density at radius 3 is 1.90 bits per heavy atom. The Morgan fingerprint density at radius 2 is 1.39 bits per heavy atom. The first-order chi connectivity index (χ1) is 15.0. The van der Waals surface area contributed by atoms with E-state index in [0.717, 1.165) is 38.5 Å². The molecule has 31 heavy (non-hydrogen) atoms. The van der Waals surface area contributed by atoms with Gasteiger partial charge in [-0.15, -0.1) is 0 Å². The molecule has 4 rings (SSSR count). The zero-order chi connectivity index (χ0) is 22.2. The van der Waals surface area contributed by atoms with E-state index in [1.165, 1.54) is 0 Å². The topological polar surface area (TPSA) is 81.7 Å². The fraction of sp³-hybridized carbons (Fsp3) is 0.957. The van der Waals surface area contributed by atoms with Gasteiger partial charge in [0.2, 0.25) is 0 Å². The lowest BCUT2D eigenvalue weighted by atomic mass is 9.46. The van der Waals surface area contributed by atoms with Gasteiger partial charge in [0.15, 0.2) is 0 Å². The standard InChI is InChI=1S/C23H40O8/c1-4-5-6-29-20(24)21-11-19-12-22(14-21,30-17-27-9-7-25-2)16-23(13-19,15-21)31-18-28-10-8-26-3/h19H,4-18H2,1-3H3. The maximum Gasteiger partial charge on any atom is 0.312 e. The highest BCUT2D eigenvalue weighted by Gasteiger charge is 2.67. The van der Waals surface area contributed by atoms with Gasteiger partial charge in [0.1, 0.15) is 13.6 Å². The number of carbonyl (C=O) groups is 1. The number of unbranched alkanes of at least 4 members (excludes halogenated alkanes) is 1. The zero-order valence-electron chi connectivity index (χ0n) is 19.4. The van der Waals surface area contributed by atoms with Crippen LogP contribution in [0.25, 0.3) is 0 Å². The molecule has 0 aromatic rings. The average molecular weight is 445 g/mol. The summed E-state index contributed by atoms with van der Waals surface area (Å²) in [4.78, 5) is 13.3. The van der Waals surface area contributed by atoms with E-state index in [-0.39, 0.29) is 19.6 Å². The van der Waals surface area contributed by atoms with Crippen molar-refractivity contribution in [1.29, 1.82) is 0 Å². The van der Waals surface area contributed by atoms with Gasteiger partial charge in [0.25, 0.3) is 0 Å². The Labute approximate surface area is 186 Å². The summed E-state index contributed by atoms with van der Waals surface area (Å²) < 4.78 is 39.7. The second-order valence-electron chi connectivity index (χ2n) is 9.47. The van der Waals surface area contributed by atoms with Crippen LogP contribution >= 0.6 is 0 Å². The number of carbonyl (C=O) groups excluding carboxylic acids is 1. The van der Waals surface area contributed by atoms with Gasteiger partial charge in [0, 0.05) is 20.6 Å². The van der Waals surface area contributed by atoms with Crippen LogP contribution in [0.5, 0.6) is 0 Å². The van der Waals surface area contributed by atoms with Crippen molar-refractivity contribution < 1.29 is 38.0 Å². The molecule has 0 amide bonds. The average Bonchev–Trinajstić information content (AvgIpc) is 2.72. The molecule has 0 aliphatic heterocycles. The first-order valence-electron chi connectivity index (χ1n) is 11.6. The molecule has 0 spiro atoms. The molecule has 4 aliphatic rings. The Balaban J connectivity index is 1.69. The molecule has 8 heteroatoms. The van der Waals surface area contributed by atoms with Crippen LogP contribution in [0, 0.1) is 11.3 Å². The van der Waals surface area contributed by atoms with Crippen molar-refractivity contribution in [3.05, 3.63) is 0 Å². The zero-order valence-corrected chi connectivity index (χ0v) is 19.4. The lowest BCUT2D eigenvalue weighted by Crippen LogP contribution is -2.67. The van der Waals surface area contributed by atoms with Crippen molar-refractivity contribution in [2.45, 2.75) is 69.5 Å². The number of esters is 1. The smallest absolute Gasteiger partial charge is 0.312 e. The van der Waals surface area contributed by atoms with Crippen LogP contribution in [0.4, 0.5) is 0 Å². The maximum absolute atomic E-state index is 13.3. The number of hydrogen-bond donors (Lipinski definition) is 0. The summed E-state index contributed by atoms with van der Waals surface area (Å²) in [5.41, 5.74) is -1.40. The van der Waals surface area contributed by atoms with Crippen molar-refractivity contribution >= 4 is 5.97 Å². The quantitative estimate of drug-likeness (QED) is 0.204. The van der Waals surface area contributed by atoms with Crippen LogP contribution in [0.1, 0.15) is 58.3 Å². The Bertz CT molecular complexity index is 538. The number of methoxy groups -OCH3 is 2. The monoisotopic (exact) mass is 444 g/mol. The Kier molecular flexibility index (Phi) is 9.13. The van der Waals surface area contributed by atoms with E-state index < -0.39 is 16.6 Å². The second kappa shape index (κ2) is 11.4. The highest BCUT2D eigenvalue weighted by Crippen LogP contribution is 2.65. The molecule has 0 radical (unpaired) electrons. The third kappa shape index (κ3) is 6.18. The SMILES string of the molecule is CCCCOC(=O)C12CC3CC(OCOCCOC)(CC(OCOCCOC)(C3)C1)C2. The van der Waals surface area contributed by atoms with Gasteiger partial charge in [-0.05, 0) is 44.4 Å². The van der Waals surface area contributed by atoms with Gasteiger partial charge in [-0.25, -0.2) is 0 Å². The van der Waals surface area contributed by atoms with E-state index in [9.17, 15) is 4.79 Å². The summed E-state index contributed by atoms with van der Waals surface area (Å²) in [5, 5.41) is 0. The van der Waals surface area contributed by atoms with Gasteiger partial charge in [-0.3, -0.25) is 4.79 Å². The molecular formula is C23H40O8. The normalized spacial score (nSPS) is 33.7. The molecule has 0 aromatic carbocycles. The summed E-state index contributed by atoms with van der Waals surface area (Å²) >= 11 is 0. The Morgan fingerprint density at radius 1 is 0.806 bits per heavy atom. The van der Waals surface area contributed by atoms with E-state index in [4.69, 9.17) is 33.2 Å². The highest BCUT2D eigenvalue weighted by molar-refractivity contribution is 5.78. The Hall–Kier alpha value is -0.770. The number of ether oxygens (including phenoxy) is 7. The molecule has 0 saturated heterocycles. The van der Waals surface area contributed by atoms with Crippen LogP contribution in [0.2, 0.25) is 0 Å². The number of hydrogen-bond acceptors (Lipinski definition) is 8. The fourth-order valence-electron chi connectivity index (χ4n) is 6.01. The van der Waals surface area contributed by atoms with Crippen molar-refractivity contribution in [2.75, 3.05) is 60.8 Å². The molecule has 4 saturated carbocycles. The predicted octanol–water partition coefficient (Wildman–Crippen LogP) is 3.07. The lowest BCUT2D eigenvalue weighted by molar-refractivity contribution is -0.293. The molecule has 4 aliphatic carbocycles. The summed E-state index contributed by atoms with van der Waals surface area (Å²) in [6.45, 7) is 4.97. The minimum atomic E-state index is -0.549. The summed E-state index contributed by atoms with van der Waals surface area (Å²) in [6.07, 6.45) is 6.69. The minimum Gasteiger partial charge on any atom is -0.465 e. The minimum absolute atomic E-state index is 0.0911. The van der Waals surface area contributed by atoms with Crippen LogP contribution in [0.3, 0.4) is 0 Å². The molecule has 2 unspecified atom stereocenters. The first-order valence-corrected chi connectivity index (χ1v) is 11.6. The fourth-order valence-corrected chi connectivity index (χ4v) is 6.01. The van der Waals surface area contributed by atoms with Crippen LogP contribution in [-0.2, 0) is 38.0 Å². The second-order valence-corrected chi connectivity index (χ2v) is 9.47. The van der Waals surface area contributed by atoms with Crippen molar-refractivity contribution in [3.63, 3.8) is 0 Å². The molecule has 8 nitrogen and oxygen atoms in total. The van der Waals surface area contributed by atoms with E-state index in [2.05, 4.69) is 6.92 Å². The van der Waals surface area contributed by atoms with Crippen LogP contribution < -0.4 is 0 Å². The molecule has 0 N–H and O–H groups in total. The van der Waals surface area contributed by atoms with Gasteiger partial charge < -0.3 is 33.2 Å². The van der Waals surface area contributed by atoms with Crippen molar-refractivity contribution in [1.82, 2.24) is 0 Å². The van der Waals surface area contributed by atoms with E-state index >= 15 is 0 Å². The largest absolute Gasteiger partial charge is 0.465 e. The lowest BCUT2D eigenvalue weighted by Gasteiger charge is -2.64. The highest BCUT2D eigenvalue weighted by atomic mass is 16.7. The molecular weight excluding hydrogens is 404 g/mol. The van der Waals surface area contributed by atoms with Crippen molar-refractivity contribution in [3.8, 4) is 0 Å². The van der Waals surface area contributed by atoms with Gasteiger partial charge in [-0.2, -0.15) is 0 Å². The van der Waals surface area contributed by atoms with Crippen LogP contribution in [0.15, 0.2) is 0 Å². The van der Waals surface area contributed by atoms with Gasteiger partial charge in [-0.1, -0.05) is 13.3 Å². The molecule has 180 valence electrons. The maximum atomic E-state index is 13.3. The third-order valence-electron chi connectivity index (χ3n) is 6.89. The predicted molar refractivity (Wildman–Crippen MR) is 113 cm³/mol. The summed E-state index contributed by atoms with van der Waals surface area (Å²) in [6, 6.07) is 0. The molecule has 0 aromatic heterocycles. The van der Waals surface area contributed by atoms with E-state index in [1.54, 1.807) is 14.2 Å². The number of rotatable bonds is 16. The molecule has 4 bridgehead atoms. The third-order valence-corrected chi connectivity index (χ3v) is 6.89. The van der Waals surface area contributed by atoms with E-state index in [0.29, 0.717) is 51.8 Å². The molecule has 4 fully saturated rings. The van der Waals surface area contributed by atoms with Crippen molar-refractivity contribution in [2.24, 2.45) is 11.3 Å². The van der Waals surface area contributed by atoms with E-state index in [1.807, 2.05) is 0 Å². The summed E-state index contributed by atoms with van der Waals surface area (Å²) in [7, 11) is 3.29. The first kappa shape index (κ1) is 24.9. The van der Waals surface area contributed by atoms with Gasteiger partial charge >= 0.3 is 5.97 Å². The molecule has 2 atom stereocenters.